The molecule has 7 aliphatic rings. The van der Waals surface area contributed by atoms with E-state index in [9.17, 15) is 15.0 Å². The highest BCUT2D eigenvalue weighted by molar-refractivity contribution is 6.07. The van der Waals surface area contributed by atoms with Crippen LogP contribution in [0.4, 0.5) is 0 Å². The predicted octanol–water partition coefficient (Wildman–Crippen LogP) is 6.24. The minimum Gasteiger partial charge on any atom is -0.462 e. The molecule has 312 valence electrons. The monoisotopic (exact) mass is 783 g/mol. The number of esters is 1. The van der Waals surface area contributed by atoms with Gasteiger partial charge in [-0.05, 0) is 75.0 Å². The molecule has 0 aromatic carbocycles. The summed E-state index contributed by atoms with van der Waals surface area (Å²) in [6.07, 6.45) is 15.0. The first kappa shape index (κ1) is 41.7. The van der Waals surface area contributed by atoms with Crippen LogP contribution in [0.1, 0.15) is 105 Å². The molecule has 2 bridgehead atoms. The fraction of sp³-hybridized carbons (Fsp3) is 0.773. The van der Waals surface area contributed by atoms with Crippen LogP contribution >= 0.6 is 0 Å². The summed E-state index contributed by atoms with van der Waals surface area (Å²) in [6, 6.07) is 0. The number of aliphatic hydroxyl groups excluding tert-OH is 1. The first-order valence-electron chi connectivity index (χ1n) is 21.1. The molecule has 0 radical (unpaired) electrons. The van der Waals surface area contributed by atoms with Crippen molar-refractivity contribution in [2.24, 2.45) is 28.8 Å². The normalized spacial score (nSPS) is 47.2. The molecule has 1 spiro atoms. The van der Waals surface area contributed by atoms with Gasteiger partial charge in [-0.25, -0.2) is 0 Å². The average molecular weight is 784 g/mol. The van der Waals surface area contributed by atoms with Gasteiger partial charge in [0.25, 0.3) is 0 Å². The van der Waals surface area contributed by atoms with E-state index in [-0.39, 0.29) is 30.8 Å². The highest BCUT2D eigenvalue weighted by Crippen LogP contribution is 2.48. The molecule has 14 atom stereocenters. The smallest absolute Gasteiger partial charge is 0.316 e. The van der Waals surface area contributed by atoms with E-state index in [0.29, 0.717) is 60.8 Å². The number of nitrogens with zero attached hydrogens (tertiary/aromatic N) is 1. The van der Waals surface area contributed by atoms with E-state index < -0.39 is 60.1 Å². The maximum Gasteiger partial charge on any atom is 0.316 e. The highest BCUT2D eigenvalue weighted by atomic mass is 16.7. The van der Waals surface area contributed by atoms with Gasteiger partial charge in [0.2, 0.25) is 0 Å². The molecule has 0 aromatic rings. The fourth-order valence-electron chi connectivity index (χ4n) is 10.5. The molecular weight excluding hydrogens is 718 g/mol. The van der Waals surface area contributed by atoms with E-state index in [1.807, 2.05) is 32.1 Å². The number of hydrogen-bond acceptors (Lipinski definition) is 12. The Hall–Kier alpha value is -2.42. The van der Waals surface area contributed by atoms with Gasteiger partial charge < -0.3 is 48.2 Å². The first-order chi connectivity index (χ1) is 26.9. The lowest BCUT2D eigenvalue weighted by Crippen LogP contribution is -2.57. The van der Waals surface area contributed by atoms with Gasteiger partial charge in [0.05, 0.1) is 37.1 Å². The van der Waals surface area contributed by atoms with Gasteiger partial charge in [-0.1, -0.05) is 68.6 Å². The number of hydrogen-bond donors (Lipinski definition) is 2. The zero-order valence-corrected chi connectivity index (χ0v) is 34.4. The predicted molar refractivity (Wildman–Crippen MR) is 208 cm³/mol. The van der Waals surface area contributed by atoms with Crippen LogP contribution in [0.3, 0.4) is 0 Å². The number of rotatable bonds is 5. The van der Waals surface area contributed by atoms with E-state index in [4.69, 9.17) is 38.0 Å². The second kappa shape index (κ2) is 17.4. The molecule has 0 aromatic heterocycles. The second-order valence-electron chi connectivity index (χ2n) is 17.6. The van der Waals surface area contributed by atoms with Crippen molar-refractivity contribution in [2.75, 3.05) is 20.8 Å². The summed E-state index contributed by atoms with van der Waals surface area (Å²) < 4.78 is 45.4. The van der Waals surface area contributed by atoms with Crippen LogP contribution in [-0.2, 0) is 42.8 Å². The first-order valence-corrected chi connectivity index (χ1v) is 21.1. The molecule has 5 aliphatic heterocycles. The Kier molecular flexibility index (Phi) is 13.0. The zero-order valence-electron chi connectivity index (χ0n) is 34.4. The summed E-state index contributed by atoms with van der Waals surface area (Å²) in [5.41, 5.74) is 0.919. The van der Waals surface area contributed by atoms with Crippen LogP contribution in [0.25, 0.3) is 0 Å². The van der Waals surface area contributed by atoms with Crippen molar-refractivity contribution >= 4 is 11.7 Å². The minimum atomic E-state index is -1.75. The zero-order chi connectivity index (χ0) is 39.8. The van der Waals surface area contributed by atoms with Crippen molar-refractivity contribution in [2.45, 2.75) is 172 Å². The minimum absolute atomic E-state index is 0.0826. The molecule has 1 saturated carbocycles. The second-order valence-corrected chi connectivity index (χ2v) is 17.6. The standard InChI is InChI=1S/C44H65NO11/c1-25-12-11-15-31-24-51-41-37(45-50-7)28(4)20-34(44(31,41)48)42(47)53-33-21-32(17-16-26(2)39(25)54-36-22-35(49-6)38(46)29(5)52-36)55-43(23-33)19-18-27(3)40(56-43)30-13-9-8-10-14-30/h11-12,15-16,20,25,27,29-30,32-36,38-41,46,48H,8-10,13-14,17-19,21-24H2,1-7H3/b12-11+,26-16+,31-15+,45-37-/t25-,27-,29-,32+,33-,34-,35-,36-,38-,39-,40-,41+,43+,44+/m0/s1. The largest absolute Gasteiger partial charge is 0.462 e. The van der Waals surface area contributed by atoms with Crippen LogP contribution in [0.15, 0.2) is 52.3 Å². The van der Waals surface area contributed by atoms with Gasteiger partial charge in [-0.2, -0.15) is 0 Å². The van der Waals surface area contributed by atoms with Crippen LogP contribution < -0.4 is 0 Å². The van der Waals surface area contributed by atoms with Crippen LogP contribution in [-0.4, -0.2) is 109 Å². The quantitative estimate of drug-likeness (QED) is 0.186. The lowest BCUT2D eigenvalue weighted by molar-refractivity contribution is -0.342. The molecular formula is C44H65NO11. The van der Waals surface area contributed by atoms with Gasteiger partial charge in [0.15, 0.2) is 12.1 Å². The van der Waals surface area contributed by atoms with Gasteiger partial charge in [0, 0.05) is 38.7 Å². The Labute approximate surface area is 332 Å². The Bertz CT molecular complexity index is 1570. The third-order valence-corrected chi connectivity index (χ3v) is 13.6. The molecule has 7 rings (SSSR count). The summed E-state index contributed by atoms with van der Waals surface area (Å²) in [4.78, 5) is 19.7. The number of ether oxygens (including phenoxy) is 7. The number of carbonyl (C=O) groups excluding carboxylic acids is 1. The highest BCUT2D eigenvalue weighted by Gasteiger charge is 2.60. The van der Waals surface area contributed by atoms with Crippen molar-refractivity contribution in [3.8, 4) is 0 Å². The summed E-state index contributed by atoms with van der Waals surface area (Å²) in [7, 11) is 3.05. The SMILES string of the molecule is CO/N=C1/C(C)=C[C@H]2C(=O)O[C@H]3C[C@@H](C/C=C(\C)[C@@H](O[C@H]4C[C@H](OC)[C@@H](O)[C@H](C)O4)[C@@H](C)/C=C/C=C4\CO[C@H]1[C@@]42O)O[C@@]1(CC[C@H](C)[C@@H](C2CCCCC2)O1)C3. The van der Waals surface area contributed by atoms with Crippen molar-refractivity contribution in [1.29, 1.82) is 0 Å². The number of carbonyl (C=O) groups is 1. The van der Waals surface area contributed by atoms with Crippen LogP contribution in [0.5, 0.6) is 0 Å². The number of fused-ring (bicyclic) bond motifs is 2. The maximum absolute atomic E-state index is 14.5. The van der Waals surface area contributed by atoms with Crippen molar-refractivity contribution in [3.63, 3.8) is 0 Å². The third kappa shape index (κ3) is 8.37. The summed E-state index contributed by atoms with van der Waals surface area (Å²) in [5, 5.41) is 27.6. The molecule has 0 amide bonds. The number of oxime groups is 1. The van der Waals surface area contributed by atoms with Gasteiger partial charge in [-0.3, -0.25) is 4.79 Å². The molecule has 0 unspecified atom stereocenters. The van der Waals surface area contributed by atoms with E-state index in [1.54, 1.807) is 13.2 Å². The Morgan fingerprint density at radius 3 is 2.54 bits per heavy atom. The van der Waals surface area contributed by atoms with E-state index in [2.05, 4.69) is 32.0 Å². The van der Waals surface area contributed by atoms with Gasteiger partial charge in [0.1, 0.15) is 42.7 Å². The van der Waals surface area contributed by atoms with Crippen LogP contribution in [0, 0.1) is 23.7 Å². The molecule has 12 heteroatoms. The fourth-order valence-corrected chi connectivity index (χ4v) is 10.5. The van der Waals surface area contributed by atoms with Crippen molar-refractivity contribution in [1.82, 2.24) is 0 Å². The summed E-state index contributed by atoms with van der Waals surface area (Å²) in [5.74, 6) is -1.67. The van der Waals surface area contributed by atoms with Gasteiger partial charge >= 0.3 is 5.97 Å². The third-order valence-electron chi connectivity index (χ3n) is 13.6. The molecule has 5 heterocycles. The lowest BCUT2D eigenvalue weighted by Gasteiger charge is -2.51. The van der Waals surface area contributed by atoms with E-state index in [0.717, 1.165) is 24.8 Å². The number of aliphatic hydroxyl groups is 2. The van der Waals surface area contributed by atoms with E-state index in [1.165, 1.54) is 26.4 Å². The molecule has 56 heavy (non-hydrogen) atoms. The average Bonchev–Trinajstić information content (AvgIpc) is 3.52. The topological polar surface area (TPSA) is 144 Å². The molecule has 12 nitrogen and oxygen atoms in total. The summed E-state index contributed by atoms with van der Waals surface area (Å²) in [6.45, 7) is 10.2. The molecule has 2 N–H and O–H groups in total. The van der Waals surface area contributed by atoms with Crippen molar-refractivity contribution < 1.29 is 53.0 Å². The number of methoxy groups -OCH3 is 1. The maximum atomic E-state index is 14.5. The Balaban J connectivity index is 1.25. The van der Waals surface area contributed by atoms with E-state index >= 15 is 0 Å². The van der Waals surface area contributed by atoms with Crippen molar-refractivity contribution in [3.05, 3.63) is 47.1 Å². The summed E-state index contributed by atoms with van der Waals surface area (Å²) >= 11 is 0. The molecule has 5 fully saturated rings. The van der Waals surface area contributed by atoms with Gasteiger partial charge in [-0.15, -0.1) is 0 Å². The Morgan fingerprint density at radius 1 is 1.00 bits per heavy atom. The molecule has 2 aliphatic carbocycles. The lowest BCUT2D eigenvalue weighted by atomic mass is 9.71. The number of allylic oxidation sites excluding steroid dienone is 2. The molecule has 4 saturated heterocycles. The van der Waals surface area contributed by atoms with Crippen LogP contribution in [0.2, 0.25) is 0 Å². The Morgan fingerprint density at radius 2 is 1.79 bits per heavy atom.